The third-order valence-electron chi connectivity index (χ3n) is 1.24. The van der Waals surface area contributed by atoms with E-state index in [-0.39, 0.29) is 6.61 Å². The Labute approximate surface area is 65.3 Å². The standard InChI is InChI=1S/C8H7ClO/c1-6-4-7(5-10)2-3-8(6)9/h4,10H,5H2,1H3. The number of halogens is 1. The maximum absolute atomic E-state index is 8.66. The molecule has 0 radical (unpaired) electrons. The van der Waals surface area contributed by atoms with Gasteiger partial charge in [-0.25, -0.2) is 0 Å². The Morgan fingerprint density at radius 2 is 2.30 bits per heavy atom. The summed E-state index contributed by atoms with van der Waals surface area (Å²) in [5.74, 6) is 0. The molecule has 0 spiro atoms. The van der Waals surface area contributed by atoms with Crippen molar-refractivity contribution in [1.82, 2.24) is 0 Å². The fourth-order valence-electron chi connectivity index (χ4n) is 0.680. The lowest BCUT2D eigenvalue weighted by Gasteiger charge is -1.93. The van der Waals surface area contributed by atoms with Gasteiger partial charge in [-0.1, -0.05) is 17.7 Å². The molecule has 10 heavy (non-hydrogen) atoms. The first-order valence-corrected chi connectivity index (χ1v) is 3.31. The molecule has 1 N–H and O–H groups in total. The van der Waals surface area contributed by atoms with Crippen molar-refractivity contribution in [3.05, 3.63) is 34.3 Å². The van der Waals surface area contributed by atoms with Gasteiger partial charge in [0.05, 0.1) is 11.6 Å². The SMILES string of the molecule is Cc1cc(CO)c#cc1Cl. The highest BCUT2D eigenvalue weighted by Gasteiger charge is 1.93. The topological polar surface area (TPSA) is 20.2 Å². The smallest absolute Gasteiger partial charge is 0.0937 e. The molecule has 52 valence electrons. The Bertz CT molecular complexity index is 233. The predicted molar refractivity (Wildman–Crippen MR) is 39.8 cm³/mol. The lowest BCUT2D eigenvalue weighted by molar-refractivity contribution is 0.282. The normalized spacial score (nSPS) is 9.10. The number of aliphatic hydroxyl groups is 1. The van der Waals surface area contributed by atoms with Gasteiger partial charge in [-0.05, 0) is 24.6 Å². The molecule has 0 saturated heterocycles. The zero-order valence-electron chi connectivity index (χ0n) is 5.61. The Hall–Kier alpha value is -0.710. The molecule has 1 aromatic carbocycles. The van der Waals surface area contributed by atoms with Crippen LogP contribution in [0, 0.1) is 19.1 Å². The van der Waals surface area contributed by atoms with Crippen LogP contribution >= 0.6 is 11.6 Å². The minimum Gasteiger partial charge on any atom is -0.391 e. The molecule has 0 aliphatic rings. The minimum atomic E-state index is -0.00545. The van der Waals surface area contributed by atoms with Crippen molar-refractivity contribution in [3.63, 3.8) is 0 Å². The van der Waals surface area contributed by atoms with Crippen molar-refractivity contribution in [1.29, 1.82) is 0 Å². The van der Waals surface area contributed by atoms with Crippen LogP contribution in [0.2, 0.25) is 5.02 Å². The van der Waals surface area contributed by atoms with E-state index in [0.717, 1.165) is 11.1 Å². The van der Waals surface area contributed by atoms with Crippen molar-refractivity contribution in [2.75, 3.05) is 0 Å². The Balaban J connectivity index is 3.04. The van der Waals surface area contributed by atoms with Gasteiger partial charge in [-0.15, -0.1) is 0 Å². The number of rotatable bonds is 1. The summed E-state index contributed by atoms with van der Waals surface area (Å²) >= 11 is 5.67. The average molecular weight is 155 g/mol. The summed E-state index contributed by atoms with van der Waals surface area (Å²) in [6.07, 6.45) is 0. The van der Waals surface area contributed by atoms with E-state index in [2.05, 4.69) is 12.1 Å². The summed E-state index contributed by atoms with van der Waals surface area (Å²) in [7, 11) is 0. The minimum absolute atomic E-state index is 0.00545. The van der Waals surface area contributed by atoms with Gasteiger partial charge in [0, 0.05) is 5.56 Å². The molecule has 0 unspecified atom stereocenters. The van der Waals surface area contributed by atoms with Gasteiger partial charge in [0.25, 0.3) is 0 Å². The zero-order chi connectivity index (χ0) is 7.56. The highest BCUT2D eigenvalue weighted by molar-refractivity contribution is 6.30. The van der Waals surface area contributed by atoms with Crippen LogP contribution in [0.1, 0.15) is 11.1 Å². The van der Waals surface area contributed by atoms with Gasteiger partial charge in [-0.3, -0.25) is 0 Å². The fraction of sp³-hybridized carbons (Fsp3) is 0.250. The zero-order valence-corrected chi connectivity index (χ0v) is 6.37. The maximum Gasteiger partial charge on any atom is 0.0937 e. The van der Waals surface area contributed by atoms with Crippen LogP contribution in [0.5, 0.6) is 0 Å². The molecule has 0 heterocycles. The summed E-state index contributed by atoms with van der Waals surface area (Å²) < 4.78 is 0. The molecule has 0 atom stereocenters. The molecule has 0 aromatic heterocycles. The van der Waals surface area contributed by atoms with Crippen molar-refractivity contribution in [2.45, 2.75) is 13.5 Å². The van der Waals surface area contributed by atoms with Crippen molar-refractivity contribution in [3.8, 4) is 0 Å². The lowest BCUT2D eigenvalue weighted by Crippen LogP contribution is -1.81. The van der Waals surface area contributed by atoms with Crippen LogP contribution in [0.25, 0.3) is 0 Å². The van der Waals surface area contributed by atoms with E-state index >= 15 is 0 Å². The van der Waals surface area contributed by atoms with Crippen LogP contribution in [0.4, 0.5) is 0 Å². The van der Waals surface area contributed by atoms with E-state index in [1.165, 1.54) is 0 Å². The molecule has 2 heteroatoms. The first-order valence-electron chi connectivity index (χ1n) is 2.94. The molecule has 0 fully saturated rings. The van der Waals surface area contributed by atoms with E-state index in [4.69, 9.17) is 16.7 Å². The van der Waals surface area contributed by atoms with Crippen LogP contribution in [0.15, 0.2) is 6.07 Å². The highest BCUT2D eigenvalue weighted by Crippen LogP contribution is 2.11. The second kappa shape index (κ2) is 2.92. The van der Waals surface area contributed by atoms with E-state index < -0.39 is 0 Å². The van der Waals surface area contributed by atoms with Gasteiger partial charge < -0.3 is 5.11 Å². The van der Waals surface area contributed by atoms with E-state index in [1.807, 2.05) is 6.92 Å². The number of aryl methyl sites for hydroxylation is 1. The van der Waals surface area contributed by atoms with E-state index in [9.17, 15) is 0 Å². The van der Waals surface area contributed by atoms with Crippen LogP contribution < -0.4 is 0 Å². The third-order valence-corrected chi connectivity index (χ3v) is 1.63. The summed E-state index contributed by atoms with van der Waals surface area (Å²) in [4.78, 5) is 0. The van der Waals surface area contributed by atoms with Crippen LogP contribution in [-0.4, -0.2) is 5.11 Å². The number of hydrogen-bond acceptors (Lipinski definition) is 1. The van der Waals surface area contributed by atoms with E-state index in [1.54, 1.807) is 6.07 Å². The molecular weight excluding hydrogens is 148 g/mol. The molecule has 1 aromatic rings. The first kappa shape index (κ1) is 7.40. The summed E-state index contributed by atoms with van der Waals surface area (Å²) in [5.41, 5.74) is 1.64. The quantitative estimate of drug-likeness (QED) is 0.654. The molecule has 0 bridgehead atoms. The monoisotopic (exact) mass is 154 g/mol. The average Bonchev–Trinajstić information content (AvgIpc) is 1.95. The summed E-state index contributed by atoms with van der Waals surface area (Å²) in [6.45, 7) is 1.86. The largest absolute Gasteiger partial charge is 0.391 e. The third kappa shape index (κ3) is 1.41. The van der Waals surface area contributed by atoms with Gasteiger partial charge in [0.1, 0.15) is 0 Å². The number of hydrogen-bond donors (Lipinski definition) is 1. The molecule has 0 aliphatic heterocycles. The molecule has 0 amide bonds. The van der Waals surface area contributed by atoms with Crippen molar-refractivity contribution >= 4 is 11.6 Å². The van der Waals surface area contributed by atoms with E-state index in [0.29, 0.717) is 5.02 Å². The second-order valence-corrected chi connectivity index (χ2v) is 2.45. The maximum atomic E-state index is 8.66. The molecular formula is C8H7ClO. The lowest BCUT2D eigenvalue weighted by atomic mass is 10.2. The van der Waals surface area contributed by atoms with Gasteiger partial charge in [0.2, 0.25) is 0 Å². The Kier molecular flexibility index (Phi) is 2.16. The van der Waals surface area contributed by atoms with Crippen LogP contribution in [0.3, 0.4) is 0 Å². The number of aliphatic hydroxyl groups excluding tert-OH is 1. The Morgan fingerprint density at radius 1 is 1.60 bits per heavy atom. The fourth-order valence-corrected chi connectivity index (χ4v) is 0.782. The Morgan fingerprint density at radius 3 is 2.80 bits per heavy atom. The van der Waals surface area contributed by atoms with Crippen molar-refractivity contribution < 1.29 is 5.11 Å². The molecule has 1 rings (SSSR count). The summed E-state index contributed by atoms with van der Waals surface area (Å²) in [5, 5.41) is 9.23. The predicted octanol–water partition coefficient (Wildman–Crippen LogP) is 1.74. The highest BCUT2D eigenvalue weighted by atomic mass is 35.5. The molecule has 0 saturated carbocycles. The van der Waals surface area contributed by atoms with Crippen molar-refractivity contribution in [2.24, 2.45) is 0 Å². The molecule has 0 aliphatic carbocycles. The van der Waals surface area contributed by atoms with Crippen LogP contribution in [-0.2, 0) is 6.61 Å². The van der Waals surface area contributed by atoms with Gasteiger partial charge in [0.15, 0.2) is 0 Å². The second-order valence-electron chi connectivity index (χ2n) is 2.07. The molecule has 1 nitrogen and oxygen atoms in total. The van der Waals surface area contributed by atoms with Gasteiger partial charge in [-0.2, -0.15) is 0 Å². The summed E-state index contributed by atoms with van der Waals surface area (Å²) in [6, 6.07) is 7.21. The first-order chi connectivity index (χ1) is 4.74. The van der Waals surface area contributed by atoms with Gasteiger partial charge >= 0.3 is 0 Å².